The Balaban J connectivity index is 2.12. The van der Waals surface area contributed by atoms with Gasteiger partial charge in [0.2, 0.25) is 0 Å². The molecule has 0 spiro atoms. The van der Waals surface area contributed by atoms with Gasteiger partial charge in [-0.15, -0.1) is 0 Å². The Kier molecular flexibility index (Phi) is 4.75. The molecule has 0 fully saturated rings. The fourth-order valence-electron chi connectivity index (χ4n) is 1.88. The number of carbonyl (C=O) groups is 1. The van der Waals surface area contributed by atoms with Crippen molar-refractivity contribution in [3.05, 3.63) is 45.2 Å². The van der Waals surface area contributed by atoms with Crippen LogP contribution in [0.25, 0.3) is 0 Å². The topological polar surface area (TPSA) is 70.1 Å². The van der Waals surface area contributed by atoms with Crippen LogP contribution in [0.5, 0.6) is 0 Å². The lowest BCUT2D eigenvalue weighted by atomic mass is 10.2. The molecular weight excluding hydrogens is 313 g/mol. The van der Waals surface area contributed by atoms with E-state index >= 15 is 0 Å². The summed E-state index contributed by atoms with van der Waals surface area (Å²) in [5.74, 6) is -0.491. The SMILES string of the molecule is CCn1nc(C)c(Cl)c1COC(=O)c1ccc(N)c(Cl)c1. The smallest absolute Gasteiger partial charge is 0.338 e. The van der Waals surface area contributed by atoms with Crippen molar-refractivity contribution < 1.29 is 9.53 Å². The van der Waals surface area contributed by atoms with Crippen molar-refractivity contribution in [3.8, 4) is 0 Å². The molecule has 0 aliphatic heterocycles. The molecule has 21 heavy (non-hydrogen) atoms. The number of nitrogens with two attached hydrogens (primary N) is 1. The molecule has 0 bridgehead atoms. The molecule has 1 aromatic heterocycles. The number of carbonyl (C=O) groups excluding carboxylic acids is 1. The molecule has 0 unspecified atom stereocenters. The number of benzene rings is 1. The van der Waals surface area contributed by atoms with E-state index in [4.69, 9.17) is 33.7 Å². The van der Waals surface area contributed by atoms with Gasteiger partial charge in [0, 0.05) is 6.54 Å². The lowest BCUT2D eigenvalue weighted by Crippen LogP contribution is -2.10. The predicted molar refractivity (Wildman–Crippen MR) is 82.6 cm³/mol. The summed E-state index contributed by atoms with van der Waals surface area (Å²) in [6, 6.07) is 4.60. The summed E-state index contributed by atoms with van der Waals surface area (Å²) >= 11 is 12.0. The largest absolute Gasteiger partial charge is 0.456 e. The first-order valence-corrected chi connectivity index (χ1v) is 7.13. The van der Waals surface area contributed by atoms with Crippen LogP contribution in [0, 0.1) is 6.92 Å². The molecule has 0 aliphatic carbocycles. The summed E-state index contributed by atoms with van der Waals surface area (Å²) in [5.41, 5.74) is 7.73. The van der Waals surface area contributed by atoms with Crippen molar-refractivity contribution in [3.63, 3.8) is 0 Å². The molecule has 1 heterocycles. The van der Waals surface area contributed by atoms with Gasteiger partial charge < -0.3 is 10.5 Å². The van der Waals surface area contributed by atoms with E-state index in [1.54, 1.807) is 23.7 Å². The normalized spacial score (nSPS) is 10.7. The number of anilines is 1. The van der Waals surface area contributed by atoms with Gasteiger partial charge in [0.15, 0.2) is 0 Å². The van der Waals surface area contributed by atoms with Crippen molar-refractivity contribution in [2.45, 2.75) is 27.0 Å². The van der Waals surface area contributed by atoms with Gasteiger partial charge in [-0.2, -0.15) is 5.10 Å². The number of hydrogen-bond donors (Lipinski definition) is 1. The van der Waals surface area contributed by atoms with Crippen LogP contribution >= 0.6 is 23.2 Å². The number of halogens is 2. The third-order valence-electron chi connectivity index (χ3n) is 3.03. The molecule has 0 aliphatic rings. The number of nitrogen functional groups attached to an aromatic ring is 1. The maximum atomic E-state index is 12.0. The highest BCUT2D eigenvalue weighted by atomic mass is 35.5. The summed E-state index contributed by atoms with van der Waals surface area (Å²) < 4.78 is 6.97. The van der Waals surface area contributed by atoms with E-state index in [1.807, 2.05) is 6.92 Å². The molecule has 0 atom stereocenters. The first-order valence-electron chi connectivity index (χ1n) is 6.38. The van der Waals surface area contributed by atoms with Crippen LogP contribution in [0.1, 0.15) is 28.7 Å². The summed E-state index contributed by atoms with van der Waals surface area (Å²) in [6.45, 7) is 4.44. The molecule has 1 aromatic carbocycles. The van der Waals surface area contributed by atoms with Gasteiger partial charge in [0.25, 0.3) is 0 Å². The summed E-state index contributed by atoms with van der Waals surface area (Å²) in [7, 11) is 0. The van der Waals surface area contributed by atoms with Crippen LogP contribution in [0.15, 0.2) is 18.2 Å². The number of aromatic nitrogens is 2. The Morgan fingerprint density at radius 3 is 2.76 bits per heavy atom. The van der Waals surface area contributed by atoms with E-state index in [0.29, 0.717) is 39.2 Å². The quantitative estimate of drug-likeness (QED) is 0.689. The molecule has 2 N–H and O–H groups in total. The average Bonchev–Trinajstić information content (AvgIpc) is 2.74. The van der Waals surface area contributed by atoms with Gasteiger partial charge in [-0.05, 0) is 32.0 Å². The second kappa shape index (κ2) is 6.37. The highest BCUT2D eigenvalue weighted by Crippen LogP contribution is 2.23. The molecule has 2 rings (SSSR count). The number of ether oxygens (including phenoxy) is 1. The van der Waals surface area contributed by atoms with Crippen molar-refractivity contribution in [1.29, 1.82) is 0 Å². The van der Waals surface area contributed by atoms with E-state index in [9.17, 15) is 4.79 Å². The Bertz CT molecular complexity index is 683. The number of nitrogens with zero attached hydrogens (tertiary/aromatic N) is 2. The lowest BCUT2D eigenvalue weighted by Gasteiger charge is -2.08. The van der Waals surface area contributed by atoms with E-state index in [1.165, 1.54) is 6.07 Å². The zero-order valence-electron chi connectivity index (χ0n) is 11.7. The lowest BCUT2D eigenvalue weighted by molar-refractivity contribution is 0.0462. The third-order valence-corrected chi connectivity index (χ3v) is 3.85. The zero-order chi connectivity index (χ0) is 15.6. The first kappa shape index (κ1) is 15.7. The van der Waals surface area contributed by atoms with Gasteiger partial charge in [0.05, 0.1) is 32.7 Å². The number of hydrogen-bond acceptors (Lipinski definition) is 4. The van der Waals surface area contributed by atoms with Gasteiger partial charge in [0.1, 0.15) is 6.61 Å². The minimum atomic E-state index is -0.491. The summed E-state index contributed by atoms with van der Waals surface area (Å²) in [5, 5.41) is 5.09. The molecule has 0 saturated heterocycles. The Labute approximate surface area is 132 Å². The van der Waals surface area contributed by atoms with E-state index in [0.717, 1.165) is 0 Å². The van der Waals surface area contributed by atoms with Crippen molar-refractivity contribution in [1.82, 2.24) is 9.78 Å². The highest BCUT2D eigenvalue weighted by molar-refractivity contribution is 6.33. The standard InChI is InChI=1S/C14H15Cl2N3O2/c1-3-19-12(13(16)8(2)18-19)7-21-14(20)9-4-5-11(17)10(15)6-9/h4-6H,3,7,17H2,1-2H3. The molecule has 0 saturated carbocycles. The first-order chi connectivity index (χ1) is 9.93. The average molecular weight is 328 g/mol. The van der Waals surface area contributed by atoms with Crippen LogP contribution in [-0.2, 0) is 17.9 Å². The fourth-order valence-corrected chi connectivity index (χ4v) is 2.25. The molecule has 0 amide bonds. The minimum Gasteiger partial charge on any atom is -0.456 e. The molecule has 2 aromatic rings. The van der Waals surface area contributed by atoms with Gasteiger partial charge in [-0.25, -0.2) is 4.79 Å². The van der Waals surface area contributed by atoms with Crippen LogP contribution < -0.4 is 5.73 Å². The summed E-state index contributed by atoms with van der Waals surface area (Å²) in [4.78, 5) is 12.0. The number of rotatable bonds is 4. The number of esters is 1. The minimum absolute atomic E-state index is 0.0499. The van der Waals surface area contributed by atoms with Crippen molar-refractivity contribution >= 4 is 34.9 Å². The van der Waals surface area contributed by atoms with E-state index in [-0.39, 0.29) is 6.61 Å². The number of aryl methyl sites for hydroxylation is 2. The molecular formula is C14H15Cl2N3O2. The Morgan fingerprint density at radius 1 is 1.43 bits per heavy atom. The fraction of sp³-hybridized carbons (Fsp3) is 0.286. The second-order valence-electron chi connectivity index (χ2n) is 4.47. The van der Waals surface area contributed by atoms with E-state index < -0.39 is 5.97 Å². The second-order valence-corrected chi connectivity index (χ2v) is 5.26. The van der Waals surface area contributed by atoms with Crippen LogP contribution in [0.4, 0.5) is 5.69 Å². The highest BCUT2D eigenvalue weighted by Gasteiger charge is 2.15. The molecule has 7 heteroatoms. The summed E-state index contributed by atoms with van der Waals surface area (Å²) in [6.07, 6.45) is 0. The zero-order valence-corrected chi connectivity index (χ0v) is 13.2. The van der Waals surface area contributed by atoms with Gasteiger partial charge in [-0.3, -0.25) is 4.68 Å². The predicted octanol–water partition coefficient (Wildman–Crippen LogP) is 3.46. The van der Waals surface area contributed by atoms with Crippen molar-refractivity contribution in [2.75, 3.05) is 5.73 Å². The van der Waals surface area contributed by atoms with Gasteiger partial charge in [-0.1, -0.05) is 23.2 Å². The molecule has 0 radical (unpaired) electrons. The Hall–Kier alpha value is -1.72. The van der Waals surface area contributed by atoms with Crippen LogP contribution in [0.2, 0.25) is 10.0 Å². The van der Waals surface area contributed by atoms with Crippen molar-refractivity contribution in [2.24, 2.45) is 0 Å². The van der Waals surface area contributed by atoms with E-state index in [2.05, 4.69) is 5.10 Å². The maximum absolute atomic E-state index is 12.0. The molecule has 5 nitrogen and oxygen atoms in total. The van der Waals surface area contributed by atoms with Crippen LogP contribution in [0.3, 0.4) is 0 Å². The maximum Gasteiger partial charge on any atom is 0.338 e. The van der Waals surface area contributed by atoms with Gasteiger partial charge >= 0.3 is 5.97 Å². The monoisotopic (exact) mass is 327 g/mol. The van der Waals surface area contributed by atoms with Crippen LogP contribution in [-0.4, -0.2) is 15.7 Å². The molecule has 112 valence electrons. The Morgan fingerprint density at radius 2 is 2.14 bits per heavy atom. The third kappa shape index (κ3) is 3.31.